The third-order valence-electron chi connectivity index (χ3n) is 2.99. The van der Waals surface area contributed by atoms with Gasteiger partial charge in [-0.3, -0.25) is 0 Å². The summed E-state index contributed by atoms with van der Waals surface area (Å²) in [6.07, 6.45) is 0. The molecule has 0 aliphatic heterocycles. The van der Waals surface area contributed by atoms with E-state index in [1.165, 1.54) is 18.2 Å². The molecule has 0 radical (unpaired) electrons. The number of halogens is 3. The summed E-state index contributed by atoms with van der Waals surface area (Å²) in [6, 6.07) is 7.82. The molecule has 0 saturated heterocycles. The third kappa shape index (κ3) is 3.11. The number of nitriles is 1. The van der Waals surface area contributed by atoms with Gasteiger partial charge in [0.05, 0.1) is 18.2 Å². The molecule has 6 nitrogen and oxygen atoms in total. The van der Waals surface area contributed by atoms with Crippen LogP contribution in [0.25, 0.3) is 10.8 Å². The van der Waals surface area contributed by atoms with Crippen molar-refractivity contribution in [2.24, 2.45) is 0 Å². The van der Waals surface area contributed by atoms with Crippen LogP contribution in [0, 0.1) is 11.3 Å². The largest absolute Gasteiger partial charge is 0.534 e. The molecule has 0 atom stereocenters. The third-order valence-corrected chi connectivity index (χ3v) is 3.94. The Morgan fingerprint density at radius 3 is 2.38 bits per heavy atom. The molecule has 0 aliphatic carbocycles. The summed E-state index contributed by atoms with van der Waals surface area (Å²) < 4.78 is 68.8. The van der Waals surface area contributed by atoms with Gasteiger partial charge in [-0.25, -0.2) is 4.79 Å². The lowest BCUT2D eigenvalue weighted by molar-refractivity contribution is -0.0499. The highest BCUT2D eigenvalue weighted by Crippen LogP contribution is 2.35. The Labute approximate surface area is 134 Å². The molecule has 0 unspecified atom stereocenters. The van der Waals surface area contributed by atoms with E-state index < -0.39 is 32.9 Å². The predicted molar refractivity (Wildman–Crippen MR) is 75.6 cm³/mol. The molecule has 126 valence electrons. The Bertz CT molecular complexity index is 961. The molecule has 0 N–H and O–H groups in total. The summed E-state index contributed by atoms with van der Waals surface area (Å²) in [7, 11) is -4.88. The Morgan fingerprint density at radius 1 is 1.21 bits per heavy atom. The number of benzene rings is 2. The van der Waals surface area contributed by atoms with E-state index >= 15 is 0 Å². The predicted octanol–water partition coefficient (Wildman–Crippen LogP) is 2.73. The van der Waals surface area contributed by atoms with E-state index in [1.54, 1.807) is 6.07 Å². The van der Waals surface area contributed by atoms with E-state index in [0.717, 1.165) is 19.2 Å². The summed E-state index contributed by atoms with van der Waals surface area (Å²) in [5.74, 6) is -1.60. The van der Waals surface area contributed by atoms with Gasteiger partial charge in [-0.2, -0.15) is 26.9 Å². The summed E-state index contributed by atoms with van der Waals surface area (Å²) in [5.41, 5.74) is -6.14. The number of carbonyl (C=O) groups is 1. The van der Waals surface area contributed by atoms with Crippen LogP contribution in [-0.4, -0.2) is 27.0 Å². The van der Waals surface area contributed by atoms with Crippen molar-refractivity contribution >= 4 is 26.9 Å². The fourth-order valence-electron chi connectivity index (χ4n) is 1.87. The normalized spacial score (nSPS) is 11.8. The smallest absolute Gasteiger partial charge is 0.465 e. The average molecular weight is 359 g/mol. The maximum Gasteiger partial charge on any atom is 0.534 e. The van der Waals surface area contributed by atoms with E-state index in [9.17, 15) is 26.4 Å². The Kier molecular flexibility index (Phi) is 4.40. The topological polar surface area (TPSA) is 93.5 Å². The van der Waals surface area contributed by atoms with Crippen LogP contribution in [-0.2, 0) is 14.9 Å². The van der Waals surface area contributed by atoms with Crippen LogP contribution in [0.15, 0.2) is 30.3 Å². The molecule has 0 aliphatic rings. The van der Waals surface area contributed by atoms with Crippen LogP contribution >= 0.6 is 0 Å². The number of esters is 1. The fraction of sp³-hybridized carbons (Fsp3) is 0.143. The zero-order valence-electron chi connectivity index (χ0n) is 11.9. The number of methoxy groups -OCH3 is 1. The molecule has 0 spiro atoms. The highest BCUT2D eigenvalue weighted by atomic mass is 32.2. The van der Waals surface area contributed by atoms with Gasteiger partial charge in [0, 0.05) is 5.39 Å². The van der Waals surface area contributed by atoms with Crippen LogP contribution in [0.4, 0.5) is 13.2 Å². The number of carbonyl (C=O) groups excluding carboxylic acids is 1. The van der Waals surface area contributed by atoms with E-state index in [0.29, 0.717) is 0 Å². The summed E-state index contributed by atoms with van der Waals surface area (Å²) >= 11 is 0. The molecule has 2 aromatic carbocycles. The number of hydrogen-bond acceptors (Lipinski definition) is 6. The van der Waals surface area contributed by atoms with Gasteiger partial charge in [-0.15, -0.1) is 0 Å². The molecule has 0 amide bonds. The maximum atomic E-state index is 12.5. The lowest BCUT2D eigenvalue weighted by atomic mass is 10.0. The van der Waals surface area contributed by atoms with E-state index in [-0.39, 0.29) is 16.3 Å². The minimum atomic E-state index is -5.98. The van der Waals surface area contributed by atoms with E-state index in [1.807, 2.05) is 0 Å². The van der Waals surface area contributed by atoms with Crippen LogP contribution in [0.3, 0.4) is 0 Å². The van der Waals surface area contributed by atoms with Crippen molar-refractivity contribution < 1.29 is 35.3 Å². The van der Waals surface area contributed by atoms with Crippen LogP contribution < -0.4 is 4.18 Å². The van der Waals surface area contributed by atoms with E-state index in [2.05, 4.69) is 8.92 Å². The van der Waals surface area contributed by atoms with Crippen molar-refractivity contribution in [1.82, 2.24) is 0 Å². The van der Waals surface area contributed by atoms with Crippen LogP contribution in [0.2, 0.25) is 0 Å². The van der Waals surface area contributed by atoms with Gasteiger partial charge in [-0.1, -0.05) is 12.1 Å². The van der Waals surface area contributed by atoms with Gasteiger partial charge < -0.3 is 8.92 Å². The molecule has 0 heterocycles. The second kappa shape index (κ2) is 6.01. The first-order chi connectivity index (χ1) is 11.1. The zero-order chi connectivity index (χ0) is 18.1. The number of rotatable bonds is 3. The molecule has 10 heteroatoms. The Morgan fingerprint density at radius 2 is 1.83 bits per heavy atom. The van der Waals surface area contributed by atoms with Crippen molar-refractivity contribution in [2.75, 3.05) is 7.11 Å². The molecule has 0 bridgehead atoms. The molecule has 0 saturated carbocycles. The van der Waals surface area contributed by atoms with Crippen molar-refractivity contribution in [2.45, 2.75) is 5.51 Å². The monoisotopic (exact) mass is 359 g/mol. The summed E-state index contributed by atoms with van der Waals surface area (Å²) in [4.78, 5) is 11.5. The van der Waals surface area contributed by atoms with E-state index in [4.69, 9.17) is 5.26 Å². The highest BCUT2D eigenvalue weighted by molar-refractivity contribution is 7.88. The molecule has 2 aromatic rings. The first-order valence-corrected chi connectivity index (χ1v) is 7.57. The van der Waals surface area contributed by atoms with Crippen molar-refractivity contribution in [1.29, 1.82) is 5.26 Å². The Balaban J connectivity index is 2.74. The highest BCUT2D eigenvalue weighted by Gasteiger charge is 2.49. The van der Waals surface area contributed by atoms with Crippen LogP contribution in [0.1, 0.15) is 15.9 Å². The average Bonchev–Trinajstić information content (AvgIpc) is 2.52. The number of fused-ring (bicyclic) bond motifs is 1. The molecule has 2 rings (SSSR count). The molecule has 24 heavy (non-hydrogen) atoms. The second-order valence-corrected chi connectivity index (χ2v) is 6.00. The number of ether oxygens (including phenoxy) is 1. The summed E-state index contributed by atoms with van der Waals surface area (Å²) in [6.45, 7) is 0. The van der Waals surface area contributed by atoms with Crippen molar-refractivity contribution in [3.8, 4) is 11.8 Å². The van der Waals surface area contributed by atoms with Gasteiger partial charge in [0.15, 0.2) is 5.75 Å². The first kappa shape index (κ1) is 17.6. The number of nitrogens with zero attached hydrogens (tertiary/aromatic N) is 1. The van der Waals surface area contributed by atoms with Gasteiger partial charge in [-0.05, 0) is 23.6 Å². The fourth-order valence-corrected chi connectivity index (χ4v) is 2.37. The maximum absolute atomic E-state index is 12.5. The second-order valence-electron chi connectivity index (χ2n) is 4.46. The number of hydrogen-bond donors (Lipinski definition) is 0. The molecule has 0 aromatic heterocycles. The lowest BCUT2D eigenvalue weighted by Gasteiger charge is -2.13. The standard InChI is InChI=1S/C14H8F3NO5S/c1-22-13(19)9-4-2-8-3-5-10(7-18)12(11(8)6-9)23-24(20,21)14(15,16)17/h2-6H,1H3. The van der Waals surface area contributed by atoms with Gasteiger partial charge >= 0.3 is 21.6 Å². The number of alkyl halides is 3. The molecular weight excluding hydrogens is 351 g/mol. The zero-order valence-corrected chi connectivity index (χ0v) is 12.7. The SMILES string of the molecule is COC(=O)c1ccc2ccc(C#N)c(OS(=O)(=O)C(F)(F)F)c2c1. The summed E-state index contributed by atoms with van der Waals surface area (Å²) in [5, 5.41) is 9.13. The molecular formula is C14H8F3NO5S. The quantitative estimate of drug-likeness (QED) is 0.475. The van der Waals surface area contributed by atoms with Crippen LogP contribution in [0.5, 0.6) is 5.75 Å². The van der Waals surface area contributed by atoms with Crippen molar-refractivity contribution in [3.05, 3.63) is 41.5 Å². The Hall–Kier alpha value is -2.80. The van der Waals surface area contributed by atoms with Gasteiger partial charge in [0.1, 0.15) is 6.07 Å². The van der Waals surface area contributed by atoms with Crippen molar-refractivity contribution in [3.63, 3.8) is 0 Å². The molecule has 0 fully saturated rings. The van der Waals surface area contributed by atoms with Gasteiger partial charge in [0.2, 0.25) is 0 Å². The minimum Gasteiger partial charge on any atom is -0.465 e. The lowest BCUT2D eigenvalue weighted by Crippen LogP contribution is -2.28. The minimum absolute atomic E-state index is 0.0469. The first-order valence-electron chi connectivity index (χ1n) is 6.16. The van der Waals surface area contributed by atoms with Gasteiger partial charge in [0.25, 0.3) is 0 Å².